The number of rotatable bonds is 4. The van der Waals surface area contributed by atoms with Gasteiger partial charge in [0.25, 0.3) is 5.91 Å². The van der Waals surface area contributed by atoms with Gasteiger partial charge in [-0.1, -0.05) is 25.7 Å². The number of aromatic nitrogens is 1. The lowest BCUT2D eigenvalue weighted by Crippen LogP contribution is -2.35. The van der Waals surface area contributed by atoms with E-state index in [0.29, 0.717) is 0 Å². The SMILES string of the molecule is O=C(c1ccncc1)N1CCCN(CCC2CCCC2)CC1. The molecular formula is C18H27N3O. The fourth-order valence-corrected chi connectivity index (χ4v) is 3.74. The molecule has 22 heavy (non-hydrogen) atoms. The number of amides is 1. The van der Waals surface area contributed by atoms with Crippen LogP contribution in [0.25, 0.3) is 0 Å². The van der Waals surface area contributed by atoms with Crippen molar-refractivity contribution < 1.29 is 4.79 Å². The Morgan fingerprint density at radius 1 is 1.05 bits per heavy atom. The van der Waals surface area contributed by atoms with Gasteiger partial charge in [-0.05, 0) is 44.0 Å². The van der Waals surface area contributed by atoms with Crippen LogP contribution >= 0.6 is 0 Å². The maximum atomic E-state index is 12.5. The van der Waals surface area contributed by atoms with Crippen molar-refractivity contribution in [2.24, 2.45) is 5.92 Å². The van der Waals surface area contributed by atoms with Crippen LogP contribution in [-0.2, 0) is 0 Å². The van der Waals surface area contributed by atoms with E-state index in [4.69, 9.17) is 0 Å². The highest BCUT2D eigenvalue weighted by Crippen LogP contribution is 2.27. The lowest BCUT2D eigenvalue weighted by molar-refractivity contribution is 0.0761. The Morgan fingerprint density at radius 2 is 1.82 bits per heavy atom. The maximum absolute atomic E-state index is 12.5. The Kier molecular flexibility index (Phi) is 5.43. The molecule has 0 atom stereocenters. The summed E-state index contributed by atoms with van der Waals surface area (Å²) in [7, 11) is 0. The molecule has 0 radical (unpaired) electrons. The Labute approximate surface area is 133 Å². The molecule has 0 bridgehead atoms. The molecule has 2 aliphatic rings. The van der Waals surface area contributed by atoms with E-state index in [1.165, 1.54) is 38.6 Å². The van der Waals surface area contributed by atoms with Gasteiger partial charge in [0.05, 0.1) is 0 Å². The molecule has 1 aliphatic carbocycles. The number of hydrogen-bond acceptors (Lipinski definition) is 3. The molecule has 3 rings (SSSR count). The van der Waals surface area contributed by atoms with Gasteiger partial charge in [0.1, 0.15) is 0 Å². The summed E-state index contributed by atoms with van der Waals surface area (Å²) in [6.45, 7) is 5.09. The maximum Gasteiger partial charge on any atom is 0.254 e. The molecule has 1 aromatic rings. The largest absolute Gasteiger partial charge is 0.337 e. The highest BCUT2D eigenvalue weighted by Gasteiger charge is 2.21. The summed E-state index contributed by atoms with van der Waals surface area (Å²) < 4.78 is 0. The molecule has 4 heteroatoms. The molecule has 0 unspecified atom stereocenters. The molecule has 1 saturated heterocycles. The highest BCUT2D eigenvalue weighted by molar-refractivity contribution is 5.94. The Bertz CT molecular complexity index is 470. The van der Waals surface area contributed by atoms with E-state index in [1.54, 1.807) is 12.4 Å². The molecule has 1 aromatic heterocycles. The predicted octanol–water partition coefficient (Wildman–Crippen LogP) is 2.81. The minimum atomic E-state index is 0.153. The van der Waals surface area contributed by atoms with Crippen LogP contribution in [0.15, 0.2) is 24.5 Å². The lowest BCUT2D eigenvalue weighted by atomic mass is 10.0. The number of pyridine rings is 1. The van der Waals surface area contributed by atoms with Gasteiger partial charge < -0.3 is 9.80 Å². The number of nitrogens with zero attached hydrogens (tertiary/aromatic N) is 3. The molecule has 4 nitrogen and oxygen atoms in total. The van der Waals surface area contributed by atoms with Gasteiger partial charge in [-0.15, -0.1) is 0 Å². The van der Waals surface area contributed by atoms with E-state index in [2.05, 4.69) is 9.88 Å². The molecule has 0 spiro atoms. The van der Waals surface area contributed by atoms with E-state index < -0.39 is 0 Å². The van der Waals surface area contributed by atoms with Crippen LogP contribution in [0.4, 0.5) is 0 Å². The first kappa shape index (κ1) is 15.5. The van der Waals surface area contributed by atoms with Crippen LogP contribution in [0.1, 0.15) is 48.9 Å². The summed E-state index contributed by atoms with van der Waals surface area (Å²) in [5, 5.41) is 0. The van der Waals surface area contributed by atoms with Crippen LogP contribution in [-0.4, -0.2) is 53.4 Å². The normalized spacial score (nSPS) is 21.0. The van der Waals surface area contributed by atoms with Crippen LogP contribution in [0.2, 0.25) is 0 Å². The summed E-state index contributed by atoms with van der Waals surface area (Å²) in [5.41, 5.74) is 0.759. The van der Waals surface area contributed by atoms with Gasteiger partial charge >= 0.3 is 0 Å². The van der Waals surface area contributed by atoms with Gasteiger partial charge in [-0.25, -0.2) is 0 Å². The summed E-state index contributed by atoms with van der Waals surface area (Å²) in [4.78, 5) is 21.1. The molecule has 1 saturated carbocycles. The van der Waals surface area contributed by atoms with Crippen molar-refractivity contribution in [2.75, 3.05) is 32.7 Å². The minimum Gasteiger partial charge on any atom is -0.337 e. The third-order valence-corrected chi connectivity index (χ3v) is 5.13. The van der Waals surface area contributed by atoms with Crippen LogP contribution in [0, 0.1) is 5.92 Å². The smallest absolute Gasteiger partial charge is 0.254 e. The van der Waals surface area contributed by atoms with Crippen LogP contribution in [0.5, 0.6) is 0 Å². The standard InChI is InChI=1S/C18H27N3O/c22-18(17-6-9-19-10-7-17)21-12-3-11-20(14-15-21)13-8-16-4-1-2-5-16/h6-7,9-10,16H,1-5,8,11-15H2. The van der Waals surface area contributed by atoms with Crippen molar-refractivity contribution in [3.8, 4) is 0 Å². The molecule has 120 valence electrons. The molecule has 1 amide bonds. The molecule has 1 aliphatic heterocycles. The number of carbonyl (C=O) groups excluding carboxylic acids is 1. The highest BCUT2D eigenvalue weighted by atomic mass is 16.2. The quantitative estimate of drug-likeness (QED) is 0.858. The van der Waals surface area contributed by atoms with Gasteiger partial charge in [0.2, 0.25) is 0 Å². The zero-order valence-corrected chi connectivity index (χ0v) is 13.4. The zero-order chi connectivity index (χ0) is 15.2. The first-order valence-corrected chi connectivity index (χ1v) is 8.74. The molecule has 0 N–H and O–H groups in total. The zero-order valence-electron chi connectivity index (χ0n) is 13.4. The molecular weight excluding hydrogens is 274 g/mol. The summed E-state index contributed by atoms with van der Waals surface area (Å²) >= 11 is 0. The fraction of sp³-hybridized carbons (Fsp3) is 0.667. The molecule has 0 aromatic carbocycles. The number of carbonyl (C=O) groups is 1. The fourth-order valence-electron chi connectivity index (χ4n) is 3.74. The first-order chi connectivity index (χ1) is 10.8. The van der Waals surface area contributed by atoms with E-state index in [1.807, 2.05) is 17.0 Å². The Balaban J connectivity index is 1.48. The van der Waals surface area contributed by atoms with Gasteiger partial charge in [0.15, 0.2) is 0 Å². The van der Waals surface area contributed by atoms with E-state index >= 15 is 0 Å². The molecule has 2 heterocycles. The first-order valence-electron chi connectivity index (χ1n) is 8.74. The van der Waals surface area contributed by atoms with Crippen LogP contribution in [0.3, 0.4) is 0 Å². The van der Waals surface area contributed by atoms with E-state index in [0.717, 1.165) is 44.1 Å². The van der Waals surface area contributed by atoms with Crippen molar-refractivity contribution in [1.29, 1.82) is 0 Å². The summed E-state index contributed by atoms with van der Waals surface area (Å²) in [6, 6.07) is 3.62. The van der Waals surface area contributed by atoms with E-state index in [-0.39, 0.29) is 5.91 Å². The van der Waals surface area contributed by atoms with Crippen molar-refractivity contribution in [1.82, 2.24) is 14.8 Å². The average Bonchev–Trinajstić information content (AvgIpc) is 2.97. The van der Waals surface area contributed by atoms with Gasteiger partial charge in [-0.2, -0.15) is 0 Å². The van der Waals surface area contributed by atoms with Gasteiger partial charge in [-0.3, -0.25) is 9.78 Å². The Hall–Kier alpha value is -1.42. The summed E-state index contributed by atoms with van der Waals surface area (Å²) in [5.74, 6) is 1.11. The second-order valence-corrected chi connectivity index (χ2v) is 6.66. The number of hydrogen-bond donors (Lipinski definition) is 0. The van der Waals surface area contributed by atoms with Crippen molar-refractivity contribution >= 4 is 5.91 Å². The second kappa shape index (κ2) is 7.73. The minimum absolute atomic E-state index is 0.153. The third kappa shape index (κ3) is 4.07. The van der Waals surface area contributed by atoms with E-state index in [9.17, 15) is 4.79 Å². The van der Waals surface area contributed by atoms with Crippen molar-refractivity contribution in [3.63, 3.8) is 0 Å². The van der Waals surface area contributed by atoms with Crippen molar-refractivity contribution in [2.45, 2.75) is 38.5 Å². The topological polar surface area (TPSA) is 36.4 Å². The third-order valence-electron chi connectivity index (χ3n) is 5.13. The Morgan fingerprint density at radius 3 is 2.59 bits per heavy atom. The average molecular weight is 301 g/mol. The predicted molar refractivity (Wildman–Crippen MR) is 87.8 cm³/mol. The monoisotopic (exact) mass is 301 g/mol. The van der Waals surface area contributed by atoms with Gasteiger partial charge in [0, 0.05) is 37.6 Å². The van der Waals surface area contributed by atoms with Crippen molar-refractivity contribution in [3.05, 3.63) is 30.1 Å². The lowest BCUT2D eigenvalue weighted by Gasteiger charge is -2.23. The molecule has 2 fully saturated rings. The summed E-state index contributed by atoms with van der Waals surface area (Å²) in [6.07, 6.45) is 11.5. The second-order valence-electron chi connectivity index (χ2n) is 6.66. The van der Waals surface area contributed by atoms with Crippen LogP contribution < -0.4 is 0 Å².